The Balaban J connectivity index is 1.36. The minimum atomic E-state index is 0.331. The van der Waals surface area contributed by atoms with E-state index < -0.39 is 0 Å². The highest BCUT2D eigenvalue weighted by molar-refractivity contribution is 9.10. The van der Waals surface area contributed by atoms with Crippen molar-refractivity contribution in [2.45, 2.75) is 6.54 Å². The summed E-state index contributed by atoms with van der Waals surface area (Å²) in [5.41, 5.74) is 2.78. The van der Waals surface area contributed by atoms with E-state index in [1.54, 1.807) is 13.1 Å². The summed E-state index contributed by atoms with van der Waals surface area (Å²) in [5.74, 6) is 1.20. The van der Waals surface area contributed by atoms with Crippen LogP contribution in [-0.4, -0.2) is 58.6 Å². The lowest BCUT2D eigenvalue weighted by Crippen LogP contribution is -2.52. The molecule has 1 fully saturated rings. The van der Waals surface area contributed by atoms with Crippen molar-refractivity contribution < 1.29 is 5.11 Å². The Hall–Kier alpha value is -2.74. The third-order valence-electron chi connectivity index (χ3n) is 4.91. The summed E-state index contributed by atoms with van der Waals surface area (Å²) >= 11 is 3.48. The summed E-state index contributed by atoms with van der Waals surface area (Å²) in [6.45, 7) is 3.96. The molecule has 4 rings (SSSR count). The number of nitrogens with zero attached hydrogens (tertiary/aromatic N) is 5. The molecular formula is C20H23BrN6O. The lowest BCUT2D eigenvalue weighted by atomic mass is 10.2. The second-order valence-electron chi connectivity index (χ2n) is 6.71. The van der Waals surface area contributed by atoms with Crippen LogP contribution in [0.3, 0.4) is 0 Å². The summed E-state index contributed by atoms with van der Waals surface area (Å²) < 4.78 is 3.03. The van der Waals surface area contributed by atoms with Crippen molar-refractivity contribution in [1.29, 1.82) is 0 Å². The van der Waals surface area contributed by atoms with Gasteiger partial charge in [-0.25, -0.2) is 4.98 Å². The number of guanidine groups is 1. The monoisotopic (exact) mass is 442 g/mol. The quantitative estimate of drug-likeness (QED) is 0.482. The van der Waals surface area contributed by atoms with Crippen LogP contribution in [0.25, 0.3) is 5.65 Å². The molecule has 0 aliphatic carbocycles. The first-order valence-electron chi connectivity index (χ1n) is 9.26. The number of imidazole rings is 1. The number of pyridine rings is 1. The number of nitrogens with one attached hydrogen (secondary N) is 1. The number of rotatable bonds is 3. The number of phenolic OH excluding ortho intramolecular Hbond substituents is 1. The van der Waals surface area contributed by atoms with Gasteiger partial charge in [-0.2, -0.15) is 0 Å². The average Bonchev–Trinajstić information content (AvgIpc) is 3.11. The van der Waals surface area contributed by atoms with Gasteiger partial charge in [0.05, 0.1) is 17.9 Å². The molecule has 28 heavy (non-hydrogen) atoms. The topological polar surface area (TPSA) is 68.4 Å². The number of hydrogen-bond acceptors (Lipinski definition) is 4. The Morgan fingerprint density at radius 1 is 1.14 bits per heavy atom. The highest BCUT2D eigenvalue weighted by Gasteiger charge is 2.21. The summed E-state index contributed by atoms with van der Waals surface area (Å²) in [6.07, 6.45) is 4.02. The van der Waals surface area contributed by atoms with Gasteiger partial charge in [-0.05, 0) is 40.2 Å². The number of phenols is 1. The fourth-order valence-corrected chi connectivity index (χ4v) is 3.85. The maximum atomic E-state index is 10.1. The van der Waals surface area contributed by atoms with Gasteiger partial charge in [-0.1, -0.05) is 12.1 Å². The molecule has 0 radical (unpaired) electrons. The highest BCUT2D eigenvalue weighted by Crippen LogP contribution is 2.27. The van der Waals surface area contributed by atoms with Crippen molar-refractivity contribution in [3.05, 3.63) is 59.0 Å². The highest BCUT2D eigenvalue weighted by atomic mass is 79.9. The predicted octanol–water partition coefficient (Wildman–Crippen LogP) is 2.70. The largest absolute Gasteiger partial charge is 0.506 e. The van der Waals surface area contributed by atoms with Crippen LogP contribution < -0.4 is 10.2 Å². The minimum absolute atomic E-state index is 0.331. The number of fused-ring (bicyclic) bond motifs is 1. The van der Waals surface area contributed by atoms with Gasteiger partial charge in [0.1, 0.15) is 11.4 Å². The number of anilines is 1. The summed E-state index contributed by atoms with van der Waals surface area (Å²) in [6, 6.07) is 11.5. The molecule has 0 amide bonds. The molecule has 1 saturated heterocycles. The average molecular weight is 443 g/mol. The minimum Gasteiger partial charge on any atom is -0.506 e. The van der Waals surface area contributed by atoms with Crippen LogP contribution in [0.15, 0.2) is 58.3 Å². The van der Waals surface area contributed by atoms with Crippen LogP contribution in [0.2, 0.25) is 0 Å². The van der Waals surface area contributed by atoms with Crippen molar-refractivity contribution >= 4 is 33.2 Å². The zero-order valence-electron chi connectivity index (χ0n) is 15.7. The van der Waals surface area contributed by atoms with Crippen LogP contribution in [0.5, 0.6) is 5.75 Å². The molecule has 2 N–H and O–H groups in total. The number of halogens is 1. The molecule has 146 valence electrons. The maximum Gasteiger partial charge on any atom is 0.194 e. The van der Waals surface area contributed by atoms with E-state index >= 15 is 0 Å². The summed E-state index contributed by atoms with van der Waals surface area (Å²) in [4.78, 5) is 13.5. The maximum absolute atomic E-state index is 10.1. The van der Waals surface area contributed by atoms with Crippen molar-refractivity contribution in [2.75, 3.05) is 38.1 Å². The van der Waals surface area contributed by atoms with E-state index in [2.05, 4.69) is 41.0 Å². The fraction of sp³-hybridized carbons (Fsp3) is 0.300. The third-order valence-corrected chi connectivity index (χ3v) is 5.37. The van der Waals surface area contributed by atoms with Gasteiger partial charge in [-0.3, -0.25) is 4.99 Å². The molecule has 0 atom stereocenters. The van der Waals surface area contributed by atoms with Crippen LogP contribution in [0, 0.1) is 0 Å². The molecule has 1 aliphatic heterocycles. The van der Waals surface area contributed by atoms with E-state index in [0.717, 1.165) is 53.6 Å². The summed E-state index contributed by atoms with van der Waals surface area (Å²) in [7, 11) is 1.80. The SMILES string of the molecule is CN=C(NCc1cn2cc(Br)ccc2n1)N1CCN(c2ccccc2O)CC1. The second kappa shape index (κ2) is 8.10. The Morgan fingerprint density at radius 2 is 1.93 bits per heavy atom. The lowest BCUT2D eigenvalue weighted by Gasteiger charge is -2.37. The smallest absolute Gasteiger partial charge is 0.194 e. The Morgan fingerprint density at radius 3 is 2.68 bits per heavy atom. The first-order chi connectivity index (χ1) is 13.6. The van der Waals surface area contributed by atoms with E-state index in [1.807, 2.05) is 47.1 Å². The molecule has 0 unspecified atom stereocenters. The molecule has 0 saturated carbocycles. The van der Waals surface area contributed by atoms with Gasteiger partial charge in [0, 0.05) is 50.1 Å². The molecule has 3 heterocycles. The van der Waals surface area contributed by atoms with E-state index in [9.17, 15) is 5.11 Å². The standard InChI is InChI=1S/C20H23BrN6O/c1-22-20(23-12-16-14-27-13-15(21)6-7-19(27)24-16)26-10-8-25(9-11-26)17-4-2-3-5-18(17)28/h2-7,13-14,28H,8-12H2,1H3,(H,22,23). The molecule has 1 aromatic carbocycles. The molecule has 7 nitrogen and oxygen atoms in total. The van der Waals surface area contributed by atoms with Gasteiger partial charge < -0.3 is 24.6 Å². The van der Waals surface area contributed by atoms with Crippen LogP contribution in [0.1, 0.15) is 5.69 Å². The van der Waals surface area contributed by atoms with Gasteiger partial charge >= 0.3 is 0 Å². The molecule has 8 heteroatoms. The molecular weight excluding hydrogens is 420 g/mol. The number of aromatic hydroxyl groups is 1. The van der Waals surface area contributed by atoms with E-state index in [1.165, 1.54) is 0 Å². The Bertz CT molecular complexity index is 993. The number of aromatic nitrogens is 2. The van der Waals surface area contributed by atoms with Gasteiger partial charge in [0.2, 0.25) is 0 Å². The van der Waals surface area contributed by atoms with E-state index in [4.69, 9.17) is 0 Å². The van der Waals surface area contributed by atoms with E-state index in [0.29, 0.717) is 12.3 Å². The van der Waals surface area contributed by atoms with Gasteiger partial charge in [-0.15, -0.1) is 0 Å². The van der Waals surface area contributed by atoms with Crippen molar-refractivity contribution in [2.24, 2.45) is 4.99 Å². The number of hydrogen-bond donors (Lipinski definition) is 2. The number of aliphatic imine (C=N–C) groups is 1. The first-order valence-corrected chi connectivity index (χ1v) is 10.0. The normalized spacial score (nSPS) is 15.3. The zero-order chi connectivity index (χ0) is 19.5. The lowest BCUT2D eigenvalue weighted by molar-refractivity contribution is 0.369. The Labute approximate surface area is 172 Å². The van der Waals surface area contributed by atoms with Crippen LogP contribution in [-0.2, 0) is 6.54 Å². The molecule has 2 aromatic heterocycles. The molecule has 0 spiro atoms. The van der Waals surface area contributed by atoms with Crippen LogP contribution in [0.4, 0.5) is 5.69 Å². The predicted molar refractivity (Wildman–Crippen MR) is 115 cm³/mol. The number of para-hydroxylation sites is 2. The number of piperazine rings is 1. The zero-order valence-corrected chi connectivity index (χ0v) is 17.3. The third kappa shape index (κ3) is 3.91. The fourth-order valence-electron chi connectivity index (χ4n) is 3.50. The van der Waals surface area contributed by atoms with Crippen LogP contribution >= 0.6 is 15.9 Å². The van der Waals surface area contributed by atoms with E-state index in [-0.39, 0.29) is 0 Å². The van der Waals surface area contributed by atoms with Crippen molar-refractivity contribution in [3.8, 4) is 5.75 Å². The molecule has 1 aliphatic rings. The second-order valence-corrected chi connectivity index (χ2v) is 7.62. The number of benzene rings is 1. The first kappa shape index (κ1) is 18.6. The van der Waals surface area contributed by atoms with Crippen molar-refractivity contribution in [1.82, 2.24) is 19.6 Å². The molecule has 3 aromatic rings. The van der Waals surface area contributed by atoms with Crippen molar-refractivity contribution in [3.63, 3.8) is 0 Å². The Kier molecular flexibility index (Phi) is 5.38. The van der Waals surface area contributed by atoms with Gasteiger partial charge in [0.15, 0.2) is 5.96 Å². The molecule has 0 bridgehead atoms. The van der Waals surface area contributed by atoms with Gasteiger partial charge in [0.25, 0.3) is 0 Å². The summed E-state index contributed by atoms with van der Waals surface area (Å²) in [5, 5.41) is 13.5.